The summed E-state index contributed by atoms with van der Waals surface area (Å²) in [6.45, 7) is 2.55. The van der Waals surface area contributed by atoms with Crippen LogP contribution in [0, 0.1) is 0 Å². The molecule has 0 spiro atoms. The Morgan fingerprint density at radius 2 is 2.00 bits per heavy atom. The van der Waals surface area contributed by atoms with E-state index < -0.39 is 10.0 Å². The molecular formula is C16H24Cl2N4O3S. The van der Waals surface area contributed by atoms with Crippen molar-refractivity contribution >= 4 is 39.2 Å². The second kappa shape index (κ2) is 9.75. The zero-order valence-corrected chi connectivity index (χ0v) is 17.2. The maximum atomic E-state index is 12.3. The third-order valence-electron chi connectivity index (χ3n) is 3.98. The molecule has 1 aliphatic rings. The van der Waals surface area contributed by atoms with E-state index in [9.17, 15) is 8.42 Å². The first-order valence-corrected chi connectivity index (χ1v) is 10.6. The summed E-state index contributed by atoms with van der Waals surface area (Å²) < 4.78 is 31.3. The number of nitrogens with zero attached hydrogens (tertiary/aromatic N) is 3. The van der Waals surface area contributed by atoms with E-state index in [1.165, 1.54) is 4.31 Å². The molecule has 0 aliphatic carbocycles. The molecule has 0 atom stereocenters. The molecule has 0 radical (unpaired) electrons. The standard InChI is InChI=1S/C16H24Cl2N4O3S/c1-19-16(21(2)12-13-3-4-14(17)15(18)11-13)20-5-10-26(23,24)22-6-8-25-9-7-22/h3-4,11H,5-10,12H2,1-2H3,(H,19,20). The average molecular weight is 423 g/mol. The Morgan fingerprint density at radius 1 is 1.31 bits per heavy atom. The SMILES string of the molecule is CN=C(NCCS(=O)(=O)N1CCOCC1)N(C)Cc1ccc(Cl)c(Cl)c1. The van der Waals surface area contributed by atoms with Crippen LogP contribution >= 0.6 is 23.2 Å². The van der Waals surface area contributed by atoms with Crippen LogP contribution in [-0.2, 0) is 21.3 Å². The smallest absolute Gasteiger partial charge is 0.215 e. The summed E-state index contributed by atoms with van der Waals surface area (Å²) in [5.41, 5.74) is 0.978. The van der Waals surface area contributed by atoms with E-state index in [2.05, 4.69) is 10.3 Å². The first-order chi connectivity index (χ1) is 12.3. The van der Waals surface area contributed by atoms with Gasteiger partial charge >= 0.3 is 0 Å². The first-order valence-electron chi connectivity index (χ1n) is 8.25. The number of guanidine groups is 1. The molecular weight excluding hydrogens is 399 g/mol. The van der Waals surface area contributed by atoms with Crippen molar-refractivity contribution in [3.8, 4) is 0 Å². The van der Waals surface area contributed by atoms with Crippen molar-refractivity contribution in [2.45, 2.75) is 6.54 Å². The molecule has 1 N–H and O–H groups in total. The highest BCUT2D eigenvalue weighted by Crippen LogP contribution is 2.23. The Hall–Kier alpha value is -1.06. The largest absolute Gasteiger partial charge is 0.379 e. The monoisotopic (exact) mass is 422 g/mol. The molecule has 1 fully saturated rings. The number of hydrogen-bond acceptors (Lipinski definition) is 4. The van der Waals surface area contributed by atoms with Gasteiger partial charge in [-0.3, -0.25) is 4.99 Å². The molecule has 0 amide bonds. The van der Waals surface area contributed by atoms with Crippen LogP contribution in [0.2, 0.25) is 10.0 Å². The number of hydrogen-bond donors (Lipinski definition) is 1. The number of nitrogens with one attached hydrogen (secondary N) is 1. The number of morpholine rings is 1. The summed E-state index contributed by atoms with van der Waals surface area (Å²) in [7, 11) is 0.229. The molecule has 26 heavy (non-hydrogen) atoms. The predicted molar refractivity (Wildman–Crippen MR) is 105 cm³/mol. The van der Waals surface area contributed by atoms with Gasteiger partial charge in [0, 0.05) is 40.3 Å². The fraction of sp³-hybridized carbons (Fsp3) is 0.562. The molecule has 2 rings (SSSR count). The molecule has 1 aromatic rings. The summed E-state index contributed by atoms with van der Waals surface area (Å²) in [5.74, 6) is 0.611. The summed E-state index contributed by atoms with van der Waals surface area (Å²) in [5, 5.41) is 4.10. The van der Waals surface area contributed by atoms with Gasteiger partial charge in [-0.05, 0) is 17.7 Å². The predicted octanol–water partition coefficient (Wildman–Crippen LogP) is 1.66. The van der Waals surface area contributed by atoms with E-state index in [1.807, 2.05) is 18.0 Å². The highest BCUT2D eigenvalue weighted by Gasteiger charge is 2.24. The maximum absolute atomic E-state index is 12.3. The van der Waals surface area contributed by atoms with Crippen molar-refractivity contribution in [3.63, 3.8) is 0 Å². The quantitative estimate of drug-likeness (QED) is 0.557. The topological polar surface area (TPSA) is 74.2 Å². The second-order valence-electron chi connectivity index (χ2n) is 5.91. The van der Waals surface area contributed by atoms with Gasteiger partial charge in [-0.1, -0.05) is 29.3 Å². The molecule has 0 aromatic heterocycles. The van der Waals surface area contributed by atoms with Gasteiger partial charge in [0.05, 0.1) is 29.0 Å². The van der Waals surface area contributed by atoms with Crippen molar-refractivity contribution < 1.29 is 13.2 Å². The van der Waals surface area contributed by atoms with E-state index in [4.69, 9.17) is 27.9 Å². The molecule has 1 aliphatic heterocycles. The number of halogens is 2. The molecule has 10 heteroatoms. The summed E-state index contributed by atoms with van der Waals surface area (Å²) in [6.07, 6.45) is 0. The molecule has 7 nitrogen and oxygen atoms in total. The van der Waals surface area contributed by atoms with Crippen LogP contribution in [0.4, 0.5) is 0 Å². The third-order valence-corrected chi connectivity index (χ3v) is 6.59. The van der Waals surface area contributed by atoms with Crippen molar-refractivity contribution in [1.82, 2.24) is 14.5 Å². The highest BCUT2D eigenvalue weighted by molar-refractivity contribution is 7.89. The minimum atomic E-state index is -3.30. The lowest BCUT2D eigenvalue weighted by molar-refractivity contribution is 0.0730. The van der Waals surface area contributed by atoms with Crippen molar-refractivity contribution in [1.29, 1.82) is 0 Å². The molecule has 146 valence electrons. The minimum absolute atomic E-state index is 0.00658. The summed E-state index contributed by atoms with van der Waals surface area (Å²) in [4.78, 5) is 6.09. The zero-order chi connectivity index (χ0) is 19.2. The van der Waals surface area contributed by atoms with E-state index in [-0.39, 0.29) is 12.3 Å². The fourth-order valence-electron chi connectivity index (χ4n) is 2.62. The lowest BCUT2D eigenvalue weighted by Crippen LogP contribution is -2.45. The zero-order valence-electron chi connectivity index (χ0n) is 14.9. The van der Waals surface area contributed by atoms with E-state index in [0.717, 1.165) is 5.56 Å². The van der Waals surface area contributed by atoms with Gasteiger partial charge in [-0.25, -0.2) is 8.42 Å². The maximum Gasteiger partial charge on any atom is 0.215 e. The van der Waals surface area contributed by atoms with Crippen LogP contribution < -0.4 is 5.32 Å². The van der Waals surface area contributed by atoms with Crippen LogP contribution in [-0.4, -0.2) is 76.3 Å². The molecule has 0 unspecified atom stereocenters. The van der Waals surface area contributed by atoms with Gasteiger partial charge < -0.3 is 15.0 Å². The lowest BCUT2D eigenvalue weighted by atomic mass is 10.2. The molecule has 1 heterocycles. The Labute approximate surface area is 165 Å². The molecule has 0 saturated carbocycles. The molecule has 1 saturated heterocycles. The molecule has 0 bridgehead atoms. The third kappa shape index (κ3) is 5.99. The lowest BCUT2D eigenvalue weighted by Gasteiger charge is -2.27. The summed E-state index contributed by atoms with van der Waals surface area (Å²) in [6, 6.07) is 5.44. The van der Waals surface area contributed by atoms with E-state index in [0.29, 0.717) is 48.9 Å². The Kier molecular flexibility index (Phi) is 7.97. The van der Waals surface area contributed by atoms with Crippen LogP contribution in [0.3, 0.4) is 0 Å². The van der Waals surface area contributed by atoms with Gasteiger partial charge in [0.25, 0.3) is 0 Å². The number of aliphatic imine (C=N–C) groups is 1. The number of benzene rings is 1. The minimum Gasteiger partial charge on any atom is -0.379 e. The Morgan fingerprint density at radius 3 is 2.62 bits per heavy atom. The average Bonchev–Trinajstić information content (AvgIpc) is 2.62. The van der Waals surface area contributed by atoms with Gasteiger partial charge in [-0.2, -0.15) is 4.31 Å². The van der Waals surface area contributed by atoms with Crippen molar-refractivity contribution in [3.05, 3.63) is 33.8 Å². The second-order valence-corrected chi connectivity index (χ2v) is 8.81. The highest BCUT2D eigenvalue weighted by atomic mass is 35.5. The van der Waals surface area contributed by atoms with Gasteiger partial charge in [-0.15, -0.1) is 0 Å². The van der Waals surface area contributed by atoms with Crippen LogP contribution in [0.5, 0.6) is 0 Å². The Bertz CT molecular complexity index is 737. The van der Waals surface area contributed by atoms with Crippen molar-refractivity contribution in [2.75, 3.05) is 52.7 Å². The summed E-state index contributed by atoms with van der Waals surface area (Å²) >= 11 is 12.0. The van der Waals surface area contributed by atoms with E-state index >= 15 is 0 Å². The molecule has 1 aromatic carbocycles. The van der Waals surface area contributed by atoms with Crippen LogP contribution in [0.15, 0.2) is 23.2 Å². The van der Waals surface area contributed by atoms with Gasteiger partial charge in [0.15, 0.2) is 5.96 Å². The Balaban J connectivity index is 1.87. The first kappa shape index (κ1) is 21.2. The van der Waals surface area contributed by atoms with Crippen LogP contribution in [0.1, 0.15) is 5.56 Å². The van der Waals surface area contributed by atoms with E-state index in [1.54, 1.807) is 19.2 Å². The number of ether oxygens (including phenoxy) is 1. The normalized spacial score (nSPS) is 16.5. The van der Waals surface area contributed by atoms with Gasteiger partial charge in [0.1, 0.15) is 0 Å². The van der Waals surface area contributed by atoms with Gasteiger partial charge in [0.2, 0.25) is 10.0 Å². The fourth-order valence-corrected chi connectivity index (χ4v) is 4.26. The number of sulfonamides is 1. The number of rotatable bonds is 6. The van der Waals surface area contributed by atoms with Crippen LogP contribution in [0.25, 0.3) is 0 Å². The van der Waals surface area contributed by atoms with Crippen molar-refractivity contribution in [2.24, 2.45) is 4.99 Å².